The van der Waals surface area contributed by atoms with Gasteiger partial charge in [-0.05, 0) is 73.9 Å². The third-order valence-electron chi connectivity index (χ3n) is 5.61. The van der Waals surface area contributed by atoms with Crippen molar-refractivity contribution < 1.29 is 13.2 Å². The van der Waals surface area contributed by atoms with Gasteiger partial charge in [0.1, 0.15) is 0 Å². The van der Waals surface area contributed by atoms with Gasteiger partial charge >= 0.3 is 0 Å². The monoisotopic (exact) mass is 493 g/mol. The van der Waals surface area contributed by atoms with Crippen LogP contribution in [0.1, 0.15) is 41.3 Å². The van der Waals surface area contributed by atoms with Gasteiger partial charge in [-0.2, -0.15) is 4.99 Å². The van der Waals surface area contributed by atoms with E-state index in [2.05, 4.69) is 34.8 Å². The molecule has 0 atom stereocenters. The lowest BCUT2D eigenvalue weighted by Crippen LogP contribution is -2.14. The summed E-state index contributed by atoms with van der Waals surface area (Å²) >= 11 is 1.49. The van der Waals surface area contributed by atoms with Crippen LogP contribution in [0.3, 0.4) is 0 Å². The summed E-state index contributed by atoms with van der Waals surface area (Å²) in [6, 6.07) is 19.3. The number of aromatic nitrogens is 1. The largest absolute Gasteiger partial charge is 0.319 e. The molecule has 4 rings (SSSR count). The number of thiazole rings is 1. The predicted molar refractivity (Wildman–Crippen MR) is 138 cm³/mol. The number of anilines is 1. The average molecular weight is 494 g/mol. The standard InChI is InChI=1S/C26H27N3O3S2/c1-4-5-6-19-9-16-23-24(17-19)33-26(29(23)3)27-25(30)20-10-12-21(13-11-20)28-34(31,32)22-14-7-18(2)8-15-22/h7-17,28H,4-6H2,1-3H3. The Balaban J connectivity index is 1.54. The highest BCUT2D eigenvalue weighted by atomic mass is 32.2. The van der Waals surface area contributed by atoms with E-state index in [4.69, 9.17) is 0 Å². The van der Waals surface area contributed by atoms with Crippen LogP contribution in [0, 0.1) is 6.92 Å². The number of carbonyl (C=O) groups is 1. The van der Waals surface area contributed by atoms with Gasteiger partial charge in [0.05, 0.1) is 15.1 Å². The normalized spacial score (nSPS) is 12.3. The van der Waals surface area contributed by atoms with E-state index in [9.17, 15) is 13.2 Å². The molecule has 1 heterocycles. The summed E-state index contributed by atoms with van der Waals surface area (Å²) in [5.41, 5.74) is 4.08. The summed E-state index contributed by atoms with van der Waals surface area (Å²) in [5, 5.41) is 0. The molecule has 6 nitrogen and oxygen atoms in total. The molecule has 0 radical (unpaired) electrons. The number of rotatable bonds is 7. The number of benzene rings is 3. The summed E-state index contributed by atoms with van der Waals surface area (Å²) in [6.07, 6.45) is 3.34. The fourth-order valence-corrected chi connectivity index (χ4v) is 5.72. The lowest BCUT2D eigenvalue weighted by molar-refractivity contribution is 0.0998. The van der Waals surface area contributed by atoms with Gasteiger partial charge in [0.15, 0.2) is 4.80 Å². The van der Waals surface area contributed by atoms with Crippen molar-refractivity contribution >= 4 is 43.2 Å². The third-order valence-corrected chi connectivity index (χ3v) is 8.10. The maximum atomic E-state index is 12.8. The Morgan fingerprint density at radius 1 is 1.03 bits per heavy atom. The average Bonchev–Trinajstić information content (AvgIpc) is 3.12. The number of nitrogens with one attached hydrogen (secondary N) is 1. The number of sulfonamides is 1. The molecule has 0 unspecified atom stereocenters. The van der Waals surface area contributed by atoms with Crippen molar-refractivity contribution in [3.8, 4) is 0 Å². The van der Waals surface area contributed by atoms with E-state index in [0.717, 1.165) is 35.0 Å². The lowest BCUT2D eigenvalue weighted by Gasteiger charge is -2.08. The Morgan fingerprint density at radius 3 is 2.41 bits per heavy atom. The number of unbranched alkanes of at least 4 members (excludes halogenated alkanes) is 1. The Bertz CT molecular complexity index is 1500. The molecule has 4 aromatic rings. The first kappa shape index (κ1) is 23.9. The van der Waals surface area contributed by atoms with E-state index in [0.29, 0.717) is 16.1 Å². The van der Waals surface area contributed by atoms with Crippen molar-refractivity contribution in [2.75, 3.05) is 4.72 Å². The van der Waals surface area contributed by atoms with E-state index in [1.165, 1.54) is 16.9 Å². The number of aryl methyl sites for hydroxylation is 3. The van der Waals surface area contributed by atoms with Crippen LogP contribution in [0.5, 0.6) is 0 Å². The van der Waals surface area contributed by atoms with E-state index in [1.807, 2.05) is 18.5 Å². The Morgan fingerprint density at radius 2 is 1.74 bits per heavy atom. The minimum atomic E-state index is -3.70. The quantitative estimate of drug-likeness (QED) is 0.373. The highest BCUT2D eigenvalue weighted by molar-refractivity contribution is 7.92. The second-order valence-electron chi connectivity index (χ2n) is 8.26. The number of fused-ring (bicyclic) bond motifs is 1. The second-order valence-corrected chi connectivity index (χ2v) is 11.0. The van der Waals surface area contributed by atoms with Crippen molar-refractivity contribution in [2.45, 2.75) is 38.0 Å². The van der Waals surface area contributed by atoms with Gasteiger partial charge in [-0.3, -0.25) is 9.52 Å². The zero-order valence-corrected chi connectivity index (χ0v) is 21.0. The molecule has 3 aromatic carbocycles. The molecule has 0 aliphatic carbocycles. The van der Waals surface area contributed by atoms with Gasteiger partial charge in [-0.25, -0.2) is 8.42 Å². The van der Waals surface area contributed by atoms with Crippen LogP contribution >= 0.6 is 11.3 Å². The summed E-state index contributed by atoms with van der Waals surface area (Å²) in [5.74, 6) is -0.374. The van der Waals surface area contributed by atoms with Crippen molar-refractivity contribution in [3.63, 3.8) is 0 Å². The second kappa shape index (κ2) is 9.95. The molecule has 1 amide bonds. The summed E-state index contributed by atoms with van der Waals surface area (Å²) < 4.78 is 30.7. The summed E-state index contributed by atoms with van der Waals surface area (Å²) in [7, 11) is -1.80. The molecule has 1 N–H and O–H groups in total. The molecule has 0 spiro atoms. The molecule has 8 heteroatoms. The molecule has 0 saturated carbocycles. The first-order chi connectivity index (χ1) is 16.3. The van der Waals surface area contributed by atoms with Crippen LogP contribution in [0.25, 0.3) is 10.2 Å². The molecule has 34 heavy (non-hydrogen) atoms. The number of nitrogens with zero attached hydrogens (tertiary/aromatic N) is 2. The van der Waals surface area contributed by atoms with E-state index in [-0.39, 0.29) is 10.8 Å². The van der Waals surface area contributed by atoms with Crippen molar-refractivity contribution in [3.05, 3.63) is 88.2 Å². The topological polar surface area (TPSA) is 80.5 Å². The number of hydrogen-bond donors (Lipinski definition) is 1. The maximum absolute atomic E-state index is 12.8. The fourth-order valence-electron chi connectivity index (χ4n) is 3.59. The van der Waals surface area contributed by atoms with E-state index < -0.39 is 10.0 Å². The Labute approximate surface area is 203 Å². The van der Waals surface area contributed by atoms with Crippen molar-refractivity contribution in [2.24, 2.45) is 12.0 Å². The Kier molecular flexibility index (Phi) is 7.00. The first-order valence-corrected chi connectivity index (χ1v) is 13.4. The zero-order valence-electron chi connectivity index (χ0n) is 19.4. The smallest absolute Gasteiger partial charge is 0.279 e. The van der Waals surface area contributed by atoms with Gasteiger partial charge in [0.25, 0.3) is 15.9 Å². The summed E-state index contributed by atoms with van der Waals surface area (Å²) in [6.45, 7) is 4.08. The van der Waals surface area contributed by atoms with Crippen LogP contribution in [0.2, 0.25) is 0 Å². The van der Waals surface area contributed by atoms with Crippen LogP contribution < -0.4 is 9.52 Å². The molecule has 0 bridgehead atoms. The van der Waals surface area contributed by atoms with Gasteiger partial charge in [0, 0.05) is 18.3 Å². The molecule has 1 aromatic heterocycles. The van der Waals surface area contributed by atoms with Crippen LogP contribution in [-0.4, -0.2) is 18.9 Å². The minimum absolute atomic E-state index is 0.184. The van der Waals surface area contributed by atoms with Gasteiger partial charge < -0.3 is 4.57 Å². The fraction of sp³-hybridized carbons (Fsp3) is 0.231. The zero-order chi connectivity index (χ0) is 24.3. The molecular formula is C26H27N3O3S2. The van der Waals surface area contributed by atoms with Crippen LogP contribution in [0.4, 0.5) is 5.69 Å². The predicted octanol–water partition coefficient (Wildman–Crippen LogP) is 5.43. The molecule has 0 aliphatic rings. The SMILES string of the molecule is CCCCc1ccc2c(c1)sc(=NC(=O)c1ccc(NS(=O)(=O)c3ccc(C)cc3)cc1)n2C. The molecule has 0 saturated heterocycles. The molecule has 0 fully saturated rings. The van der Waals surface area contributed by atoms with E-state index in [1.54, 1.807) is 48.5 Å². The lowest BCUT2D eigenvalue weighted by atomic mass is 10.1. The van der Waals surface area contributed by atoms with Gasteiger partial charge in [-0.15, -0.1) is 0 Å². The number of hydrogen-bond acceptors (Lipinski definition) is 4. The molecule has 0 aliphatic heterocycles. The van der Waals surface area contributed by atoms with Crippen molar-refractivity contribution in [1.82, 2.24) is 4.57 Å². The minimum Gasteiger partial charge on any atom is -0.319 e. The number of carbonyl (C=O) groups excluding carboxylic acids is 1. The maximum Gasteiger partial charge on any atom is 0.279 e. The highest BCUT2D eigenvalue weighted by Crippen LogP contribution is 2.20. The molecule has 176 valence electrons. The number of amides is 1. The van der Waals surface area contributed by atoms with Crippen molar-refractivity contribution in [1.29, 1.82) is 0 Å². The van der Waals surface area contributed by atoms with E-state index >= 15 is 0 Å². The van der Waals surface area contributed by atoms with Crippen LogP contribution in [-0.2, 0) is 23.5 Å². The van der Waals surface area contributed by atoms with Gasteiger partial charge in [-0.1, -0.05) is 48.4 Å². The van der Waals surface area contributed by atoms with Crippen LogP contribution in [0.15, 0.2) is 76.6 Å². The molecular weight excluding hydrogens is 466 g/mol. The third kappa shape index (κ3) is 5.29. The first-order valence-electron chi connectivity index (χ1n) is 11.1. The van der Waals surface area contributed by atoms with Gasteiger partial charge in [0.2, 0.25) is 0 Å². The summed E-state index contributed by atoms with van der Waals surface area (Å²) in [4.78, 5) is 17.9. The highest BCUT2D eigenvalue weighted by Gasteiger charge is 2.14. The Hall–Kier alpha value is -3.23.